The van der Waals surface area contributed by atoms with Crippen molar-refractivity contribution in [2.45, 2.75) is 19.1 Å². The van der Waals surface area contributed by atoms with E-state index in [0.717, 1.165) is 0 Å². The van der Waals surface area contributed by atoms with E-state index in [4.69, 9.17) is 14.2 Å². The standard InChI is InChI=1S/C18H18FNO4/c1-11(12-7-8-14(22-2)13(19)9-12)20-18(21)17-10-23-15-5-3-4-6-16(15)24-17/h3-9,11,17H,10H2,1-2H3,(H,20,21)/t11-,17-/m1/s1. The molecule has 1 aliphatic rings. The van der Waals surface area contributed by atoms with Gasteiger partial charge in [0.2, 0.25) is 6.10 Å². The summed E-state index contributed by atoms with van der Waals surface area (Å²) in [7, 11) is 1.40. The molecule has 1 heterocycles. The minimum Gasteiger partial charge on any atom is -0.494 e. The van der Waals surface area contributed by atoms with Gasteiger partial charge in [0, 0.05) is 0 Å². The molecule has 3 rings (SSSR count). The van der Waals surface area contributed by atoms with E-state index in [-0.39, 0.29) is 24.3 Å². The highest BCUT2D eigenvalue weighted by molar-refractivity contribution is 5.82. The number of hydrogen-bond acceptors (Lipinski definition) is 4. The lowest BCUT2D eigenvalue weighted by molar-refractivity contribution is -0.131. The number of para-hydroxylation sites is 2. The van der Waals surface area contributed by atoms with E-state index >= 15 is 0 Å². The lowest BCUT2D eigenvalue weighted by Crippen LogP contribution is -2.44. The van der Waals surface area contributed by atoms with Crippen LogP contribution in [0.5, 0.6) is 17.2 Å². The zero-order valence-electron chi connectivity index (χ0n) is 13.4. The fourth-order valence-electron chi connectivity index (χ4n) is 2.49. The average molecular weight is 331 g/mol. The molecule has 0 fully saturated rings. The molecule has 0 aromatic heterocycles. The van der Waals surface area contributed by atoms with Crippen molar-refractivity contribution in [1.29, 1.82) is 0 Å². The topological polar surface area (TPSA) is 56.8 Å². The van der Waals surface area contributed by atoms with E-state index < -0.39 is 11.9 Å². The fourth-order valence-corrected chi connectivity index (χ4v) is 2.49. The number of halogens is 1. The van der Waals surface area contributed by atoms with Crippen LogP contribution < -0.4 is 19.5 Å². The third kappa shape index (κ3) is 3.27. The second kappa shape index (κ2) is 6.78. The Morgan fingerprint density at radius 2 is 2.04 bits per heavy atom. The maximum Gasteiger partial charge on any atom is 0.265 e. The second-order valence-corrected chi connectivity index (χ2v) is 5.49. The predicted octanol–water partition coefficient (Wildman–Crippen LogP) is 2.85. The molecule has 0 aliphatic carbocycles. The van der Waals surface area contributed by atoms with Gasteiger partial charge in [-0.05, 0) is 36.8 Å². The first kappa shape index (κ1) is 16.1. The molecule has 24 heavy (non-hydrogen) atoms. The van der Waals surface area contributed by atoms with Crippen LogP contribution in [0.4, 0.5) is 4.39 Å². The summed E-state index contributed by atoms with van der Waals surface area (Å²) in [6, 6.07) is 11.4. The van der Waals surface area contributed by atoms with Crippen molar-refractivity contribution in [3.8, 4) is 17.2 Å². The highest BCUT2D eigenvalue weighted by Crippen LogP contribution is 2.31. The lowest BCUT2D eigenvalue weighted by atomic mass is 10.1. The van der Waals surface area contributed by atoms with Gasteiger partial charge >= 0.3 is 0 Å². The van der Waals surface area contributed by atoms with E-state index in [1.165, 1.54) is 19.2 Å². The Labute approximate surface area is 139 Å². The number of hydrogen-bond donors (Lipinski definition) is 1. The van der Waals surface area contributed by atoms with Crippen LogP contribution in [-0.2, 0) is 4.79 Å². The number of ether oxygens (including phenoxy) is 3. The van der Waals surface area contributed by atoms with Gasteiger partial charge in [-0.1, -0.05) is 18.2 Å². The Kier molecular flexibility index (Phi) is 4.55. The van der Waals surface area contributed by atoms with Crippen molar-refractivity contribution in [2.24, 2.45) is 0 Å². The van der Waals surface area contributed by atoms with E-state index in [2.05, 4.69) is 5.32 Å². The Hall–Kier alpha value is -2.76. The molecule has 2 aromatic carbocycles. The summed E-state index contributed by atoms with van der Waals surface area (Å²) >= 11 is 0. The number of methoxy groups -OCH3 is 1. The summed E-state index contributed by atoms with van der Waals surface area (Å²) in [5.41, 5.74) is 0.638. The van der Waals surface area contributed by atoms with Crippen LogP contribution >= 0.6 is 0 Å². The van der Waals surface area contributed by atoms with Crippen molar-refractivity contribution in [1.82, 2.24) is 5.32 Å². The van der Waals surface area contributed by atoms with Crippen LogP contribution in [0.2, 0.25) is 0 Å². The third-order valence-electron chi connectivity index (χ3n) is 3.84. The Morgan fingerprint density at radius 1 is 1.29 bits per heavy atom. The molecule has 1 amide bonds. The predicted molar refractivity (Wildman–Crippen MR) is 85.9 cm³/mol. The van der Waals surface area contributed by atoms with Crippen molar-refractivity contribution in [3.05, 3.63) is 53.8 Å². The molecular formula is C18H18FNO4. The number of fused-ring (bicyclic) bond motifs is 1. The Morgan fingerprint density at radius 3 is 2.75 bits per heavy atom. The smallest absolute Gasteiger partial charge is 0.265 e. The molecule has 0 radical (unpaired) electrons. The number of carbonyl (C=O) groups excluding carboxylic acids is 1. The van der Waals surface area contributed by atoms with Crippen LogP contribution in [0.3, 0.4) is 0 Å². The Bertz CT molecular complexity index is 750. The largest absolute Gasteiger partial charge is 0.494 e. The number of benzene rings is 2. The van der Waals surface area contributed by atoms with Crippen molar-refractivity contribution >= 4 is 5.91 Å². The molecule has 5 nitrogen and oxygen atoms in total. The summed E-state index contributed by atoms with van der Waals surface area (Å²) in [4.78, 5) is 12.4. The maximum atomic E-state index is 13.8. The number of rotatable bonds is 4. The van der Waals surface area contributed by atoms with Crippen molar-refractivity contribution in [3.63, 3.8) is 0 Å². The van der Waals surface area contributed by atoms with Crippen molar-refractivity contribution in [2.75, 3.05) is 13.7 Å². The molecule has 6 heteroatoms. The number of amides is 1. The SMILES string of the molecule is COc1ccc([C@@H](C)NC(=O)[C@H]2COc3ccccc3O2)cc1F. The molecule has 0 saturated carbocycles. The molecule has 2 aromatic rings. The van der Waals surface area contributed by atoms with Gasteiger partial charge in [-0.3, -0.25) is 4.79 Å². The first-order valence-corrected chi connectivity index (χ1v) is 7.61. The summed E-state index contributed by atoms with van der Waals surface area (Å²) in [6.45, 7) is 1.91. The minimum absolute atomic E-state index is 0.131. The molecule has 126 valence electrons. The van der Waals surface area contributed by atoms with Gasteiger partial charge in [0.1, 0.15) is 6.61 Å². The van der Waals surface area contributed by atoms with Gasteiger partial charge in [0.25, 0.3) is 5.91 Å². The van der Waals surface area contributed by atoms with Gasteiger partial charge < -0.3 is 19.5 Å². The average Bonchev–Trinajstić information content (AvgIpc) is 2.61. The highest BCUT2D eigenvalue weighted by Gasteiger charge is 2.28. The molecule has 0 unspecified atom stereocenters. The van der Waals surface area contributed by atoms with E-state index in [0.29, 0.717) is 17.1 Å². The normalized spacial score (nSPS) is 17.0. The van der Waals surface area contributed by atoms with Crippen LogP contribution in [0.1, 0.15) is 18.5 Å². The molecule has 0 spiro atoms. The first-order chi connectivity index (χ1) is 11.6. The van der Waals surface area contributed by atoms with Crippen LogP contribution in [0.25, 0.3) is 0 Å². The zero-order valence-corrected chi connectivity index (χ0v) is 13.4. The number of nitrogens with one attached hydrogen (secondary N) is 1. The van der Waals surface area contributed by atoms with Gasteiger partial charge in [-0.15, -0.1) is 0 Å². The molecule has 1 N–H and O–H groups in total. The lowest BCUT2D eigenvalue weighted by Gasteiger charge is -2.26. The molecular weight excluding hydrogens is 313 g/mol. The first-order valence-electron chi connectivity index (χ1n) is 7.61. The molecule has 0 saturated heterocycles. The summed E-state index contributed by atoms with van der Waals surface area (Å²) < 4.78 is 29.9. The van der Waals surface area contributed by atoms with Crippen LogP contribution in [0, 0.1) is 5.82 Å². The number of carbonyl (C=O) groups is 1. The highest BCUT2D eigenvalue weighted by atomic mass is 19.1. The molecule has 1 aliphatic heterocycles. The van der Waals surface area contributed by atoms with E-state index in [9.17, 15) is 9.18 Å². The fraction of sp³-hybridized carbons (Fsp3) is 0.278. The van der Waals surface area contributed by atoms with E-state index in [1.807, 2.05) is 12.1 Å². The second-order valence-electron chi connectivity index (χ2n) is 5.49. The zero-order chi connectivity index (χ0) is 17.1. The minimum atomic E-state index is -0.745. The quantitative estimate of drug-likeness (QED) is 0.936. The van der Waals surface area contributed by atoms with Gasteiger partial charge in [-0.25, -0.2) is 4.39 Å². The van der Waals surface area contributed by atoms with Crippen molar-refractivity contribution < 1.29 is 23.4 Å². The monoisotopic (exact) mass is 331 g/mol. The maximum absolute atomic E-state index is 13.8. The van der Waals surface area contributed by atoms with Gasteiger partial charge in [-0.2, -0.15) is 0 Å². The van der Waals surface area contributed by atoms with Crippen LogP contribution in [-0.4, -0.2) is 25.7 Å². The summed E-state index contributed by atoms with van der Waals surface area (Å²) in [5, 5.41) is 2.81. The Balaban J connectivity index is 1.65. The summed E-state index contributed by atoms with van der Waals surface area (Å²) in [6.07, 6.45) is -0.745. The molecule has 2 atom stereocenters. The van der Waals surface area contributed by atoms with Crippen LogP contribution in [0.15, 0.2) is 42.5 Å². The third-order valence-corrected chi connectivity index (χ3v) is 3.84. The molecule has 0 bridgehead atoms. The van der Waals surface area contributed by atoms with E-state index in [1.54, 1.807) is 25.1 Å². The van der Waals surface area contributed by atoms with Gasteiger partial charge in [0.15, 0.2) is 23.1 Å². The summed E-state index contributed by atoms with van der Waals surface area (Å²) in [5.74, 6) is 0.535. The van der Waals surface area contributed by atoms with Gasteiger partial charge in [0.05, 0.1) is 13.2 Å².